The van der Waals surface area contributed by atoms with Gasteiger partial charge in [0.25, 0.3) is 0 Å². The first-order valence-electron chi connectivity index (χ1n) is 7.41. The molecule has 0 spiro atoms. The summed E-state index contributed by atoms with van der Waals surface area (Å²) in [7, 11) is 0. The minimum atomic E-state index is -0.0604. The van der Waals surface area contributed by atoms with Crippen LogP contribution in [0, 0.1) is 17.3 Å². The molecule has 0 aromatic rings. The van der Waals surface area contributed by atoms with E-state index in [1.165, 1.54) is 19.3 Å². The Hall–Kier alpha value is -0.280. The predicted molar refractivity (Wildman–Crippen MR) is 83.4 cm³/mol. The molecule has 114 valence electrons. The van der Waals surface area contributed by atoms with Crippen molar-refractivity contribution in [3.63, 3.8) is 0 Å². The van der Waals surface area contributed by atoms with Crippen LogP contribution in [0.1, 0.15) is 59.8 Å². The van der Waals surface area contributed by atoms with Crippen LogP contribution in [0.2, 0.25) is 0 Å². The maximum atomic E-state index is 11.8. The lowest BCUT2D eigenvalue weighted by molar-refractivity contribution is -0.125. The van der Waals surface area contributed by atoms with Crippen LogP contribution in [0.15, 0.2) is 0 Å². The van der Waals surface area contributed by atoms with Crippen molar-refractivity contribution in [3.8, 4) is 0 Å². The van der Waals surface area contributed by atoms with E-state index in [1.54, 1.807) is 0 Å². The zero-order chi connectivity index (χ0) is 13.8. The summed E-state index contributed by atoms with van der Waals surface area (Å²) in [6, 6.07) is 0.371. The van der Waals surface area contributed by atoms with Crippen molar-refractivity contribution in [2.45, 2.75) is 65.8 Å². The van der Waals surface area contributed by atoms with Crippen LogP contribution >= 0.6 is 12.4 Å². The third-order valence-electron chi connectivity index (χ3n) is 4.89. The Labute approximate surface area is 124 Å². The molecule has 1 saturated carbocycles. The largest absolute Gasteiger partial charge is 0.353 e. The molecule has 19 heavy (non-hydrogen) atoms. The van der Waals surface area contributed by atoms with Gasteiger partial charge in [0.05, 0.1) is 0 Å². The monoisotopic (exact) mass is 290 g/mol. The highest BCUT2D eigenvalue weighted by Gasteiger charge is 2.32. The first kappa shape index (κ1) is 18.7. The molecule has 0 aromatic heterocycles. The van der Waals surface area contributed by atoms with E-state index >= 15 is 0 Å². The Bertz CT molecular complexity index is 273. The number of rotatable bonds is 5. The summed E-state index contributed by atoms with van der Waals surface area (Å²) < 4.78 is 0. The van der Waals surface area contributed by atoms with Crippen LogP contribution in [0.25, 0.3) is 0 Å². The maximum Gasteiger partial charge on any atom is 0.224 e. The van der Waals surface area contributed by atoms with Gasteiger partial charge in [-0.2, -0.15) is 0 Å². The van der Waals surface area contributed by atoms with E-state index < -0.39 is 0 Å². The molecule has 1 unspecified atom stereocenters. The van der Waals surface area contributed by atoms with Gasteiger partial charge < -0.3 is 11.1 Å². The van der Waals surface area contributed by atoms with Crippen LogP contribution in [0.5, 0.6) is 0 Å². The van der Waals surface area contributed by atoms with E-state index in [9.17, 15) is 4.79 Å². The van der Waals surface area contributed by atoms with Crippen molar-refractivity contribution in [2.75, 3.05) is 6.54 Å². The van der Waals surface area contributed by atoms with Gasteiger partial charge in [-0.3, -0.25) is 4.79 Å². The summed E-state index contributed by atoms with van der Waals surface area (Å²) in [4.78, 5) is 11.8. The third kappa shape index (κ3) is 5.31. The summed E-state index contributed by atoms with van der Waals surface area (Å²) in [6.45, 7) is 9.34. The van der Waals surface area contributed by atoms with Gasteiger partial charge in [0, 0.05) is 18.5 Å². The molecule has 0 aromatic carbocycles. The fraction of sp³-hybridized carbons (Fsp3) is 0.933. The molecule has 1 aliphatic carbocycles. The first-order chi connectivity index (χ1) is 8.40. The van der Waals surface area contributed by atoms with Gasteiger partial charge in [0.15, 0.2) is 0 Å². The van der Waals surface area contributed by atoms with Crippen LogP contribution in [-0.4, -0.2) is 18.5 Å². The molecule has 0 bridgehead atoms. The van der Waals surface area contributed by atoms with Crippen molar-refractivity contribution >= 4 is 18.3 Å². The second-order valence-electron chi connectivity index (χ2n) is 6.54. The molecule has 1 aliphatic rings. The average molecular weight is 291 g/mol. The summed E-state index contributed by atoms with van der Waals surface area (Å²) >= 11 is 0. The Balaban J connectivity index is 0.00000324. The Morgan fingerprint density at radius 3 is 2.26 bits per heavy atom. The molecule has 1 fully saturated rings. The second kappa shape index (κ2) is 8.11. The molecule has 4 heteroatoms. The Morgan fingerprint density at radius 1 is 1.32 bits per heavy atom. The number of nitrogens with one attached hydrogen (secondary N) is 1. The standard InChI is InChI=1S/C15H30N2O.ClH/c1-5-15(3,4)12-6-8-13(9-7-12)17-14(18)11(2)10-16;/h11-13H,5-10,16H2,1-4H3,(H,17,18);1H. The van der Waals surface area contributed by atoms with Gasteiger partial charge in [0.1, 0.15) is 0 Å². The van der Waals surface area contributed by atoms with Crippen molar-refractivity contribution in [2.24, 2.45) is 23.0 Å². The highest BCUT2D eigenvalue weighted by Crippen LogP contribution is 2.40. The molecule has 1 rings (SSSR count). The van der Waals surface area contributed by atoms with Gasteiger partial charge in [-0.1, -0.05) is 34.1 Å². The van der Waals surface area contributed by atoms with E-state index in [0.717, 1.165) is 18.8 Å². The fourth-order valence-electron chi connectivity index (χ4n) is 2.76. The summed E-state index contributed by atoms with van der Waals surface area (Å²) in [6.07, 6.45) is 5.96. The summed E-state index contributed by atoms with van der Waals surface area (Å²) in [5.74, 6) is 0.869. The van der Waals surface area contributed by atoms with Crippen molar-refractivity contribution in [1.29, 1.82) is 0 Å². The average Bonchev–Trinajstić information content (AvgIpc) is 2.38. The zero-order valence-electron chi connectivity index (χ0n) is 12.9. The van der Waals surface area contributed by atoms with E-state index in [-0.39, 0.29) is 24.2 Å². The van der Waals surface area contributed by atoms with E-state index in [0.29, 0.717) is 18.0 Å². The van der Waals surface area contributed by atoms with E-state index in [1.807, 2.05) is 6.92 Å². The van der Waals surface area contributed by atoms with Crippen LogP contribution in [0.3, 0.4) is 0 Å². The van der Waals surface area contributed by atoms with Gasteiger partial charge in [0.2, 0.25) is 5.91 Å². The number of carbonyl (C=O) groups excluding carboxylic acids is 1. The molecule has 0 saturated heterocycles. The van der Waals surface area contributed by atoms with Crippen molar-refractivity contribution < 1.29 is 4.79 Å². The molecule has 0 radical (unpaired) electrons. The van der Waals surface area contributed by atoms with Crippen LogP contribution < -0.4 is 11.1 Å². The second-order valence-corrected chi connectivity index (χ2v) is 6.54. The minimum Gasteiger partial charge on any atom is -0.353 e. The molecule has 1 amide bonds. The Kier molecular flexibility index (Phi) is 7.99. The lowest BCUT2D eigenvalue weighted by Crippen LogP contribution is -2.43. The number of nitrogens with two attached hydrogens (primary N) is 1. The molecule has 0 aliphatic heterocycles. The summed E-state index contributed by atoms with van der Waals surface area (Å²) in [5, 5.41) is 3.14. The third-order valence-corrected chi connectivity index (χ3v) is 4.89. The lowest BCUT2D eigenvalue weighted by atomic mass is 9.69. The highest BCUT2D eigenvalue weighted by atomic mass is 35.5. The smallest absolute Gasteiger partial charge is 0.224 e. The SMILES string of the molecule is CCC(C)(C)C1CCC(NC(=O)C(C)CN)CC1.Cl. The van der Waals surface area contributed by atoms with E-state index in [4.69, 9.17) is 5.73 Å². The van der Waals surface area contributed by atoms with Crippen LogP contribution in [0.4, 0.5) is 0 Å². The van der Waals surface area contributed by atoms with Gasteiger partial charge in [-0.05, 0) is 37.0 Å². The number of halogens is 1. The Morgan fingerprint density at radius 2 is 1.84 bits per heavy atom. The van der Waals surface area contributed by atoms with Crippen molar-refractivity contribution in [3.05, 3.63) is 0 Å². The predicted octanol–water partition coefficient (Wildman–Crippen LogP) is 3.11. The molecule has 1 atom stereocenters. The van der Waals surface area contributed by atoms with Crippen molar-refractivity contribution in [1.82, 2.24) is 5.32 Å². The quantitative estimate of drug-likeness (QED) is 0.817. The summed E-state index contributed by atoms with van der Waals surface area (Å²) in [5.41, 5.74) is 5.96. The van der Waals surface area contributed by atoms with Gasteiger partial charge in [-0.15, -0.1) is 12.4 Å². The highest BCUT2D eigenvalue weighted by molar-refractivity contribution is 5.85. The minimum absolute atomic E-state index is 0. The molecule has 0 heterocycles. The number of hydrogen-bond acceptors (Lipinski definition) is 2. The maximum absolute atomic E-state index is 11.8. The lowest BCUT2D eigenvalue weighted by Gasteiger charge is -2.39. The van der Waals surface area contributed by atoms with Gasteiger partial charge >= 0.3 is 0 Å². The molecular formula is C15H31ClN2O. The molecule has 3 nitrogen and oxygen atoms in total. The van der Waals surface area contributed by atoms with Crippen LogP contribution in [-0.2, 0) is 4.79 Å². The molecular weight excluding hydrogens is 260 g/mol. The number of amides is 1. The molecule has 3 N–H and O–H groups in total. The number of carbonyl (C=O) groups is 1. The van der Waals surface area contributed by atoms with E-state index in [2.05, 4.69) is 26.1 Å². The normalized spacial score (nSPS) is 25.3. The topological polar surface area (TPSA) is 55.1 Å². The first-order valence-corrected chi connectivity index (χ1v) is 7.41. The number of hydrogen-bond donors (Lipinski definition) is 2. The van der Waals surface area contributed by atoms with Gasteiger partial charge in [-0.25, -0.2) is 0 Å². The zero-order valence-corrected chi connectivity index (χ0v) is 13.7. The fourth-order valence-corrected chi connectivity index (χ4v) is 2.76.